The fourth-order valence-electron chi connectivity index (χ4n) is 2.82. The lowest BCUT2D eigenvalue weighted by Gasteiger charge is -2.11. The van der Waals surface area contributed by atoms with E-state index in [4.69, 9.17) is 0 Å². The predicted molar refractivity (Wildman–Crippen MR) is 116 cm³/mol. The van der Waals surface area contributed by atoms with Gasteiger partial charge in [0.15, 0.2) is 17.0 Å². The highest BCUT2D eigenvalue weighted by atomic mass is 32.3. The molecule has 2 heterocycles. The Morgan fingerprint density at radius 2 is 1.90 bits per heavy atom. The van der Waals surface area contributed by atoms with E-state index in [1.54, 1.807) is 12.1 Å². The number of thioether (sulfide) groups is 1. The maximum Gasteiger partial charge on any atom is 0.332 e. The molecule has 0 aromatic heterocycles. The topological polar surface area (TPSA) is 129 Å². The van der Waals surface area contributed by atoms with Crippen molar-refractivity contribution in [1.29, 1.82) is 0 Å². The third-order valence-electron chi connectivity index (χ3n) is 4.37. The zero-order valence-electron chi connectivity index (χ0n) is 15.6. The van der Waals surface area contributed by atoms with Crippen molar-refractivity contribution in [3.63, 3.8) is 0 Å². The number of hydrogen-bond donors (Lipinski definition) is 2. The lowest BCUT2D eigenvalue weighted by atomic mass is 10.1. The fraction of sp³-hybridized carbons (Fsp3) is 0.105. The van der Waals surface area contributed by atoms with E-state index in [1.165, 1.54) is 30.2 Å². The molecule has 12 heteroatoms. The van der Waals surface area contributed by atoms with Crippen molar-refractivity contribution in [3.05, 3.63) is 59.7 Å². The van der Waals surface area contributed by atoms with Gasteiger partial charge in [0.1, 0.15) is 0 Å². The van der Waals surface area contributed by atoms with Gasteiger partial charge < -0.3 is 10.6 Å². The molecule has 2 aliphatic rings. The Morgan fingerprint density at radius 1 is 1.16 bits per heavy atom. The SMILES string of the molecule is O=C(Nc1ccccc1CSC1=NC2C(=O)NC=NC2=N1)c1ccc(S(=O)(=O)F)cc1. The summed E-state index contributed by atoms with van der Waals surface area (Å²) in [6, 6.07) is 10.9. The van der Waals surface area contributed by atoms with Crippen LogP contribution in [0.2, 0.25) is 0 Å². The summed E-state index contributed by atoms with van der Waals surface area (Å²) >= 11 is 1.30. The molecular formula is C19H14FN5O4S2. The van der Waals surface area contributed by atoms with E-state index >= 15 is 0 Å². The molecule has 2 N–H and O–H groups in total. The van der Waals surface area contributed by atoms with E-state index in [2.05, 4.69) is 25.6 Å². The number of nitrogens with zero attached hydrogens (tertiary/aromatic N) is 3. The molecule has 0 saturated heterocycles. The first-order chi connectivity index (χ1) is 14.8. The second-order valence-electron chi connectivity index (χ2n) is 6.41. The third kappa shape index (κ3) is 4.70. The van der Waals surface area contributed by atoms with Crippen LogP contribution in [0.25, 0.3) is 0 Å². The third-order valence-corrected chi connectivity index (χ3v) is 6.11. The van der Waals surface area contributed by atoms with Gasteiger partial charge in [-0.3, -0.25) is 9.59 Å². The Labute approximate surface area is 180 Å². The number of carbonyl (C=O) groups is 2. The monoisotopic (exact) mass is 459 g/mol. The molecule has 0 bridgehead atoms. The molecule has 2 aromatic rings. The van der Waals surface area contributed by atoms with Crippen LogP contribution in [-0.2, 0) is 20.8 Å². The van der Waals surface area contributed by atoms with E-state index in [9.17, 15) is 21.9 Å². The first-order valence-corrected chi connectivity index (χ1v) is 11.2. The summed E-state index contributed by atoms with van der Waals surface area (Å²) in [7, 11) is -4.83. The van der Waals surface area contributed by atoms with Crippen LogP contribution in [0.3, 0.4) is 0 Å². The minimum Gasteiger partial charge on any atom is -0.322 e. The van der Waals surface area contributed by atoms with Gasteiger partial charge in [-0.15, -0.1) is 3.89 Å². The first-order valence-electron chi connectivity index (χ1n) is 8.87. The van der Waals surface area contributed by atoms with Crippen molar-refractivity contribution in [2.24, 2.45) is 15.0 Å². The molecule has 0 spiro atoms. The summed E-state index contributed by atoms with van der Waals surface area (Å²) in [6.07, 6.45) is 1.28. The van der Waals surface area contributed by atoms with Crippen LogP contribution < -0.4 is 10.6 Å². The molecule has 1 unspecified atom stereocenters. The predicted octanol–water partition coefficient (Wildman–Crippen LogP) is 2.13. The normalized spacial score (nSPS) is 17.5. The van der Waals surface area contributed by atoms with Gasteiger partial charge in [-0.1, -0.05) is 30.0 Å². The summed E-state index contributed by atoms with van der Waals surface area (Å²) in [5, 5.41) is 5.65. The number of aliphatic imine (C=N–C) groups is 3. The lowest BCUT2D eigenvalue weighted by Crippen LogP contribution is -2.40. The molecular weight excluding hydrogens is 445 g/mol. The Balaban J connectivity index is 1.45. The molecule has 0 fully saturated rings. The van der Waals surface area contributed by atoms with Crippen molar-refractivity contribution in [2.75, 3.05) is 5.32 Å². The van der Waals surface area contributed by atoms with Gasteiger partial charge in [-0.2, -0.15) is 8.42 Å². The number of halogens is 1. The molecule has 9 nitrogen and oxygen atoms in total. The highest BCUT2D eigenvalue weighted by Crippen LogP contribution is 2.26. The Morgan fingerprint density at radius 3 is 2.61 bits per heavy atom. The number of fused-ring (bicyclic) bond motifs is 1. The molecule has 2 amide bonds. The maximum atomic E-state index is 13.0. The van der Waals surface area contributed by atoms with Crippen LogP contribution >= 0.6 is 11.8 Å². The molecule has 2 aliphatic heterocycles. The van der Waals surface area contributed by atoms with E-state index < -0.39 is 27.1 Å². The second-order valence-corrected chi connectivity index (χ2v) is 8.70. The average Bonchev–Trinajstić information content (AvgIpc) is 3.17. The summed E-state index contributed by atoms with van der Waals surface area (Å²) in [4.78, 5) is 36.3. The number of anilines is 1. The Hall–Kier alpha value is -3.38. The molecule has 0 radical (unpaired) electrons. The van der Waals surface area contributed by atoms with Crippen molar-refractivity contribution >= 4 is 56.8 Å². The van der Waals surface area contributed by atoms with Gasteiger partial charge in [-0.05, 0) is 35.9 Å². The zero-order valence-corrected chi connectivity index (χ0v) is 17.3. The number of carbonyl (C=O) groups excluding carboxylic acids is 2. The number of amidine groups is 2. The van der Waals surface area contributed by atoms with E-state index in [0.717, 1.165) is 17.7 Å². The highest BCUT2D eigenvalue weighted by Gasteiger charge is 2.31. The minimum atomic E-state index is -4.83. The standard InChI is InChI=1S/C19H14FN5O4S2/c20-31(28,29)13-7-5-11(6-8-13)17(26)23-14-4-2-1-3-12(14)9-30-19-24-15-16(25-19)21-10-22-18(15)27/h1-8,10,15H,9H2,(H,23,26)(H,21,22,24,25,27). The van der Waals surface area contributed by atoms with Crippen molar-refractivity contribution in [2.45, 2.75) is 16.7 Å². The average molecular weight is 459 g/mol. The molecule has 31 heavy (non-hydrogen) atoms. The Bertz CT molecular complexity index is 1260. The van der Waals surface area contributed by atoms with Crippen LogP contribution in [0.5, 0.6) is 0 Å². The van der Waals surface area contributed by atoms with Crippen molar-refractivity contribution in [1.82, 2.24) is 5.32 Å². The fourth-order valence-corrected chi connectivity index (χ4v) is 4.15. The van der Waals surface area contributed by atoms with Crippen LogP contribution in [0.4, 0.5) is 9.57 Å². The smallest absolute Gasteiger partial charge is 0.322 e. The second kappa shape index (κ2) is 8.40. The molecule has 2 aromatic carbocycles. The number of nitrogens with one attached hydrogen (secondary N) is 2. The summed E-state index contributed by atoms with van der Waals surface area (Å²) < 4.78 is 34.8. The first kappa shape index (κ1) is 20.9. The molecule has 0 saturated carbocycles. The van der Waals surface area contributed by atoms with Crippen LogP contribution in [0, 0.1) is 0 Å². The quantitative estimate of drug-likeness (QED) is 0.662. The van der Waals surface area contributed by atoms with Crippen LogP contribution in [0.15, 0.2) is 68.4 Å². The lowest BCUT2D eigenvalue weighted by molar-refractivity contribution is -0.119. The summed E-state index contributed by atoms with van der Waals surface area (Å²) in [6.45, 7) is 0. The zero-order chi connectivity index (χ0) is 22.0. The highest BCUT2D eigenvalue weighted by molar-refractivity contribution is 8.13. The molecule has 4 rings (SSSR count). The van der Waals surface area contributed by atoms with E-state index in [1.807, 2.05) is 12.1 Å². The number of para-hydroxylation sites is 1. The molecule has 158 valence electrons. The van der Waals surface area contributed by atoms with Crippen molar-refractivity contribution in [3.8, 4) is 0 Å². The van der Waals surface area contributed by atoms with Gasteiger partial charge in [0, 0.05) is 17.0 Å². The van der Waals surface area contributed by atoms with Crippen LogP contribution in [-0.4, -0.2) is 43.6 Å². The summed E-state index contributed by atoms with van der Waals surface area (Å²) in [5.74, 6) is -0.00529. The Kier molecular flexibility index (Phi) is 5.65. The molecule has 0 aliphatic carbocycles. The maximum absolute atomic E-state index is 13.0. The number of amides is 2. The van der Waals surface area contributed by atoms with Gasteiger partial charge in [-0.25, -0.2) is 15.0 Å². The van der Waals surface area contributed by atoms with Gasteiger partial charge in [0.05, 0.1) is 11.2 Å². The van der Waals surface area contributed by atoms with Gasteiger partial charge >= 0.3 is 10.2 Å². The number of benzene rings is 2. The van der Waals surface area contributed by atoms with Gasteiger partial charge in [0.2, 0.25) is 0 Å². The number of rotatable bonds is 5. The largest absolute Gasteiger partial charge is 0.332 e. The molecule has 1 atom stereocenters. The minimum absolute atomic E-state index is 0.175. The summed E-state index contributed by atoms with van der Waals surface area (Å²) in [5.41, 5.74) is 1.51. The van der Waals surface area contributed by atoms with Crippen LogP contribution in [0.1, 0.15) is 15.9 Å². The van der Waals surface area contributed by atoms with E-state index in [0.29, 0.717) is 22.4 Å². The number of hydrogen-bond acceptors (Lipinski definition) is 8. The van der Waals surface area contributed by atoms with Crippen molar-refractivity contribution < 1.29 is 21.9 Å². The van der Waals surface area contributed by atoms with Gasteiger partial charge in [0.25, 0.3) is 11.8 Å². The van der Waals surface area contributed by atoms with E-state index in [-0.39, 0.29) is 11.5 Å².